The summed E-state index contributed by atoms with van der Waals surface area (Å²) in [5.74, 6) is -0.662. The Morgan fingerprint density at radius 1 is 1.18 bits per heavy atom. The van der Waals surface area contributed by atoms with Gasteiger partial charge in [-0.2, -0.15) is 0 Å². The zero-order valence-electron chi connectivity index (χ0n) is 16.2. The van der Waals surface area contributed by atoms with Crippen molar-refractivity contribution in [3.63, 3.8) is 0 Å². The van der Waals surface area contributed by atoms with Gasteiger partial charge in [-0.3, -0.25) is 4.79 Å². The van der Waals surface area contributed by atoms with Crippen molar-refractivity contribution in [1.29, 1.82) is 0 Å². The molecule has 1 atom stereocenters. The number of carbonyl (C=O) groups is 1. The third-order valence-corrected chi connectivity index (χ3v) is 4.91. The summed E-state index contributed by atoms with van der Waals surface area (Å²) in [7, 11) is 1.61. The fourth-order valence-corrected chi connectivity index (χ4v) is 3.25. The highest BCUT2D eigenvalue weighted by Crippen LogP contribution is 2.31. The summed E-state index contributed by atoms with van der Waals surface area (Å²) >= 11 is 0. The van der Waals surface area contributed by atoms with Crippen LogP contribution < -0.4 is 15.1 Å². The van der Waals surface area contributed by atoms with Crippen molar-refractivity contribution in [2.45, 2.75) is 33.3 Å². The Bertz CT molecular complexity index is 1100. The number of hydrogen-bond donors (Lipinski definition) is 1. The average molecular weight is 382 g/mol. The first-order valence-corrected chi connectivity index (χ1v) is 8.89. The van der Waals surface area contributed by atoms with Gasteiger partial charge in [-0.15, -0.1) is 0 Å². The van der Waals surface area contributed by atoms with Crippen molar-refractivity contribution < 1.29 is 23.8 Å². The molecular formula is C22H22O6. The molecule has 3 rings (SSSR count). The van der Waals surface area contributed by atoms with E-state index >= 15 is 0 Å². The average Bonchev–Trinajstić information content (AvgIpc) is 2.68. The van der Waals surface area contributed by atoms with Crippen LogP contribution in [0.3, 0.4) is 0 Å². The lowest BCUT2D eigenvalue weighted by Gasteiger charge is -2.15. The van der Waals surface area contributed by atoms with Gasteiger partial charge in [-0.1, -0.05) is 12.1 Å². The fraction of sp³-hybridized carbons (Fsp3) is 0.273. The first-order valence-electron chi connectivity index (χ1n) is 8.89. The van der Waals surface area contributed by atoms with Crippen molar-refractivity contribution >= 4 is 16.9 Å². The zero-order chi connectivity index (χ0) is 20.4. The molecule has 0 bridgehead atoms. The SMILES string of the molecule is COc1cccc(COc2ccc3c(C)c(C(C)C(=O)O)c(=O)oc3c2C)c1. The van der Waals surface area contributed by atoms with E-state index in [-0.39, 0.29) is 5.56 Å². The summed E-state index contributed by atoms with van der Waals surface area (Å²) in [6, 6.07) is 11.2. The Hall–Kier alpha value is -3.28. The molecule has 6 nitrogen and oxygen atoms in total. The molecular weight excluding hydrogens is 360 g/mol. The molecule has 1 unspecified atom stereocenters. The number of ether oxygens (including phenoxy) is 2. The van der Waals surface area contributed by atoms with Gasteiger partial charge in [0, 0.05) is 10.9 Å². The van der Waals surface area contributed by atoms with Crippen LogP contribution in [-0.2, 0) is 11.4 Å². The molecule has 6 heteroatoms. The van der Waals surface area contributed by atoms with Crippen LogP contribution in [0.25, 0.3) is 11.0 Å². The maximum atomic E-state index is 12.4. The van der Waals surface area contributed by atoms with E-state index in [9.17, 15) is 14.7 Å². The lowest BCUT2D eigenvalue weighted by molar-refractivity contribution is -0.138. The second kappa shape index (κ2) is 7.76. The molecule has 3 aromatic rings. The molecule has 0 amide bonds. The molecule has 1 heterocycles. The summed E-state index contributed by atoms with van der Waals surface area (Å²) in [6.07, 6.45) is 0. The van der Waals surface area contributed by atoms with Gasteiger partial charge in [0.15, 0.2) is 0 Å². The van der Waals surface area contributed by atoms with Crippen LogP contribution in [0.15, 0.2) is 45.6 Å². The van der Waals surface area contributed by atoms with Crippen LogP contribution in [0.2, 0.25) is 0 Å². The molecule has 28 heavy (non-hydrogen) atoms. The number of carboxylic acid groups (broad SMARTS) is 1. The van der Waals surface area contributed by atoms with Crippen molar-refractivity contribution in [2.75, 3.05) is 7.11 Å². The van der Waals surface area contributed by atoms with Gasteiger partial charge < -0.3 is 19.0 Å². The molecule has 0 saturated heterocycles. The second-order valence-corrected chi connectivity index (χ2v) is 6.69. The highest BCUT2D eigenvalue weighted by atomic mass is 16.5. The van der Waals surface area contributed by atoms with E-state index in [0.717, 1.165) is 11.3 Å². The summed E-state index contributed by atoms with van der Waals surface area (Å²) in [5.41, 5.74) is 2.20. The van der Waals surface area contributed by atoms with E-state index in [0.29, 0.717) is 34.5 Å². The fourth-order valence-electron chi connectivity index (χ4n) is 3.25. The minimum atomic E-state index is -1.07. The number of carboxylic acids is 1. The molecule has 1 aromatic heterocycles. The summed E-state index contributed by atoms with van der Waals surface area (Å²) in [6.45, 7) is 5.36. The number of aliphatic carboxylic acids is 1. The largest absolute Gasteiger partial charge is 0.497 e. The molecule has 1 N–H and O–H groups in total. The minimum absolute atomic E-state index is 0.171. The number of hydrogen-bond acceptors (Lipinski definition) is 5. The third-order valence-electron chi connectivity index (χ3n) is 4.91. The van der Waals surface area contributed by atoms with Crippen molar-refractivity contribution in [1.82, 2.24) is 0 Å². The standard InChI is InChI=1S/C22H22O6/c1-12-17-8-9-18(27-11-15-6-5-7-16(10-15)26-4)13(2)20(17)28-22(25)19(12)14(3)21(23)24/h5-10,14H,11H2,1-4H3,(H,23,24). The lowest BCUT2D eigenvalue weighted by atomic mass is 9.95. The molecule has 0 spiro atoms. The van der Waals surface area contributed by atoms with E-state index in [1.807, 2.05) is 31.2 Å². The molecule has 0 aliphatic heterocycles. The van der Waals surface area contributed by atoms with Crippen LogP contribution in [-0.4, -0.2) is 18.2 Å². The molecule has 0 fully saturated rings. The number of rotatable bonds is 6. The normalized spacial score (nSPS) is 12.0. The van der Waals surface area contributed by atoms with E-state index in [1.165, 1.54) is 6.92 Å². The van der Waals surface area contributed by atoms with Crippen molar-refractivity contribution in [3.8, 4) is 11.5 Å². The van der Waals surface area contributed by atoms with Gasteiger partial charge in [-0.25, -0.2) is 4.79 Å². The van der Waals surface area contributed by atoms with Crippen molar-refractivity contribution in [3.05, 3.63) is 69.1 Å². The van der Waals surface area contributed by atoms with Crippen LogP contribution in [0.5, 0.6) is 11.5 Å². The van der Waals surface area contributed by atoms with Gasteiger partial charge in [-0.05, 0) is 56.2 Å². The number of benzene rings is 2. The maximum absolute atomic E-state index is 12.4. The molecule has 146 valence electrons. The molecule has 2 aromatic carbocycles. The van der Waals surface area contributed by atoms with Crippen LogP contribution in [0, 0.1) is 13.8 Å². The van der Waals surface area contributed by atoms with Gasteiger partial charge >= 0.3 is 11.6 Å². The smallest absolute Gasteiger partial charge is 0.340 e. The monoisotopic (exact) mass is 382 g/mol. The number of aryl methyl sites for hydroxylation is 2. The van der Waals surface area contributed by atoms with Gasteiger partial charge in [0.05, 0.1) is 18.6 Å². The van der Waals surface area contributed by atoms with Crippen LogP contribution in [0.1, 0.15) is 35.1 Å². The summed E-state index contributed by atoms with van der Waals surface area (Å²) in [5, 5.41) is 9.96. The predicted molar refractivity (Wildman–Crippen MR) is 105 cm³/mol. The quantitative estimate of drug-likeness (QED) is 0.644. The highest BCUT2D eigenvalue weighted by molar-refractivity contribution is 5.87. The Labute approximate surface area is 162 Å². The molecule has 0 radical (unpaired) electrons. The summed E-state index contributed by atoms with van der Waals surface area (Å²) in [4.78, 5) is 23.7. The molecule has 0 aliphatic rings. The Kier molecular flexibility index (Phi) is 5.40. The van der Waals surface area contributed by atoms with E-state index in [2.05, 4.69) is 0 Å². The third kappa shape index (κ3) is 3.58. The first-order chi connectivity index (χ1) is 13.3. The zero-order valence-corrected chi connectivity index (χ0v) is 16.2. The summed E-state index contributed by atoms with van der Waals surface area (Å²) < 4.78 is 16.6. The van der Waals surface area contributed by atoms with E-state index in [1.54, 1.807) is 26.2 Å². The van der Waals surface area contributed by atoms with Crippen molar-refractivity contribution in [2.24, 2.45) is 0 Å². The van der Waals surface area contributed by atoms with Gasteiger partial charge in [0.2, 0.25) is 0 Å². The van der Waals surface area contributed by atoms with E-state index in [4.69, 9.17) is 13.9 Å². The Morgan fingerprint density at radius 2 is 1.93 bits per heavy atom. The van der Waals surface area contributed by atoms with E-state index < -0.39 is 17.5 Å². The number of methoxy groups -OCH3 is 1. The second-order valence-electron chi connectivity index (χ2n) is 6.69. The molecule has 0 aliphatic carbocycles. The first kappa shape index (κ1) is 19.5. The van der Waals surface area contributed by atoms with Crippen LogP contribution >= 0.6 is 0 Å². The molecule has 0 saturated carbocycles. The highest BCUT2D eigenvalue weighted by Gasteiger charge is 2.23. The predicted octanol–water partition coefficient (Wildman–Crippen LogP) is 4.19. The maximum Gasteiger partial charge on any atom is 0.340 e. The minimum Gasteiger partial charge on any atom is -0.497 e. The topological polar surface area (TPSA) is 86.0 Å². The van der Waals surface area contributed by atoms with Gasteiger partial charge in [0.1, 0.15) is 23.7 Å². The van der Waals surface area contributed by atoms with Crippen LogP contribution in [0.4, 0.5) is 0 Å². The Morgan fingerprint density at radius 3 is 2.61 bits per heavy atom. The van der Waals surface area contributed by atoms with Gasteiger partial charge in [0.25, 0.3) is 0 Å². The lowest BCUT2D eigenvalue weighted by Crippen LogP contribution is -2.19. The Balaban J connectivity index is 1.98. The number of fused-ring (bicyclic) bond motifs is 1.